The molecule has 0 heterocycles. The van der Waals surface area contributed by atoms with Crippen molar-refractivity contribution in [2.75, 3.05) is 5.32 Å². The third-order valence-electron chi connectivity index (χ3n) is 4.57. The minimum Gasteiger partial charge on any atom is -0.422 e. The summed E-state index contributed by atoms with van der Waals surface area (Å²) >= 11 is 5.93. The summed E-state index contributed by atoms with van der Waals surface area (Å²) in [6.07, 6.45) is 0.249. The SMILES string of the molecule is C/C(=N\NC(=O)C(=O)Nc1ccc(CC#N)cc1)c1ccccc1OC(=O)c1cccc(Cl)c1. The van der Waals surface area contributed by atoms with Gasteiger partial charge in [0.25, 0.3) is 0 Å². The lowest BCUT2D eigenvalue weighted by Crippen LogP contribution is -2.33. The number of hydrogen-bond donors (Lipinski definition) is 2. The number of nitriles is 1. The molecule has 0 unspecified atom stereocenters. The number of nitrogens with one attached hydrogen (secondary N) is 2. The summed E-state index contributed by atoms with van der Waals surface area (Å²) in [6, 6.07) is 21.6. The molecule has 3 aromatic carbocycles. The van der Waals surface area contributed by atoms with Crippen LogP contribution < -0.4 is 15.5 Å². The van der Waals surface area contributed by atoms with Crippen LogP contribution in [0, 0.1) is 11.3 Å². The number of anilines is 1. The third kappa shape index (κ3) is 6.51. The summed E-state index contributed by atoms with van der Waals surface area (Å²) in [5.41, 5.74) is 4.43. The van der Waals surface area contributed by atoms with Gasteiger partial charge < -0.3 is 10.1 Å². The van der Waals surface area contributed by atoms with Crippen LogP contribution >= 0.6 is 11.6 Å². The van der Waals surface area contributed by atoms with Gasteiger partial charge in [-0.25, -0.2) is 10.2 Å². The Hall–Kier alpha value is -4.48. The summed E-state index contributed by atoms with van der Waals surface area (Å²) in [5, 5.41) is 15.5. The molecule has 3 aromatic rings. The summed E-state index contributed by atoms with van der Waals surface area (Å²) in [5.74, 6) is -2.27. The van der Waals surface area contributed by atoms with E-state index >= 15 is 0 Å². The zero-order chi connectivity index (χ0) is 24.5. The average molecular weight is 475 g/mol. The molecule has 2 amide bonds. The predicted octanol–water partition coefficient (Wildman–Crippen LogP) is 4.10. The molecule has 0 aliphatic carbocycles. The number of para-hydroxylation sites is 1. The highest BCUT2D eigenvalue weighted by molar-refractivity contribution is 6.39. The highest BCUT2D eigenvalue weighted by atomic mass is 35.5. The van der Waals surface area contributed by atoms with E-state index < -0.39 is 17.8 Å². The molecule has 9 heteroatoms. The molecule has 0 radical (unpaired) electrons. The molecule has 0 bridgehead atoms. The smallest absolute Gasteiger partial charge is 0.343 e. The molecule has 8 nitrogen and oxygen atoms in total. The Morgan fingerprint density at radius 3 is 2.44 bits per heavy atom. The number of nitrogens with zero attached hydrogens (tertiary/aromatic N) is 2. The molecule has 2 N–H and O–H groups in total. The van der Waals surface area contributed by atoms with Crippen LogP contribution in [0.1, 0.15) is 28.4 Å². The van der Waals surface area contributed by atoms with E-state index in [2.05, 4.69) is 15.8 Å². The molecular formula is C25H19ClN4O4. The molecule has 0 aromatic heterocycles. The first kappa shape index (κ1) is 24.2. The monoisotopic (exact) mass is 474 g/mol. The number of hydrazone groups is 1. The molecular weight excluding hydrogens is 456 g/mol. The second-order valence-electron chi connectivity index (χ2n) is 7.02. The number of ether oxygens (including phenoxy) is 1. The number of halogens is 1. The van der Waals surface area contributed by atoms with E-state index in [4.69, 9.17) is 21.6 Å². The number of benzene rings is 3. The van der Waals surface area contributed by atoms with Gasteiger partial charge in [0.15, 0.2) is 0 Å². The maximum absolute atomic E-state index is 12.5. The van der Waals surface area contributed by atoms with Crippen LogP contribution in [0.3, 0.4) is 0 Å². The van der Waals surface area contributed by atoms with Crippen LogP contribution in [-0.2, 0) is 16.0 Å². The Balaban J connectivity index is 1.65. The van der Waals surface area contributed by atoms with E-state index in [0.717, 1.165) is 5.56 Å². The van der Waals surface area contributed by atoms with E-state index in [-0.39, 0.29) is 17.7 Å². The van der Waals surface area contributed by atoms with Gasteiger partial charge in [0.2, 0.25) is 0 Å². The number of rotatable bonds is 6. The molecule has 0 aliphatic heterocycles. The van der Waals surface area contributed by atoms with Gasteiger partial charge in [-0.05, 0) is 55.0 Å². The zero-order valence-corrected chi connectivity index (χ0v) is 18.8. The van der Waals surface area contributed by atoms with Gasteiger partial charge in [-0.3, -0.25) is 9.59 Å². The standard InChI is InChI=1S/C25H19ClN4O4/c1-16(29-30-24(32)23(31)28-20-11-9-17(10-12-20)13-14-27)21-7-2-3-8-22(21)34-25(33)18-5-4-6-19(26)15-18/h2-12,15H,13H2,1H3,(H,28,31)(H,30,32)/b29-16+. The molecule has 0 atom stereocenters. The summed E-state index contributed by atoms with van der Waals surface area (Å²) in [7, 11) is 0. The van der Waals surface area contributed by atoms with Crippen LogP contribution in [-0.4, -0.2) is 23.5 Å². The van der Waals surface area contributed by atoms with Gasteiger partial charge in [-0.1, -0.05) is 41.9 Å². The summed E-state index contributed by atoms with van der Waals surface area (Å²) in [6.45, 7) is 1.60. The fourth-order valence-corrected chi connectivity index (χ4v) is 3.05. The first-order valence-electron chi connectivity index (χ1n) is 10.1. The summed E-state index contributed by atoms with van der Waals surface area (Å²) in [4.78, 5) is 36.8. The van der Waals surface area contributed by atoms with Crippen molar-refractivity contribution in [3.05, 3.63) is 94.5 Å². The van der Waals surface area contributed by atoms with Crippen LogP contribution in [0.2, 0.25) is 5.02 Å². The predicted molar refractivity (Wildman–Crippen MR) is 128 cm³/mol. The topological polar surface area (TPSA) is 121 Å². The van der Waals surface area contributed by atoms with Crippen molar-refractivity contribution in [3.63, 3.8) is 0 Å². The Labute approximate surface area is 200 Å². The zero-order valence-electron chi connectivity index (χ0n) is 18.0. The Morgan fingerprint density at radius 2 is 1.74 bits per heavy atom. The quantitative estimate of drug-likeness (QED) is 0.183. The Kier molecular flexibility index (Phi) is 8.11. The third-order valence-corrected chi connectivity index (χ3v) is 4.80. The molecule has 0 saturated carbocycles. The number of esters is 1. The largest absolute Gasteiger partial charge is 0.422 e. The molecule has 0 fully saturated rings. The maximum Gasteiger partial charge on any atom is 0.343 e. The van der Waals surface area contributed by atoms with Crippen LogP contribution in [0.25, 0.3) is 0 Å². The first-order valence-corrected chi connectivity index (χ1v) is 10.4. The lowest BCUT2D eigenvalue weighted by atomic mass is 10.1. The average Bonchev–Trinajstić information content (AvgIpc) is 2.84. The van der Waals surface area contributed by atoms with Crippen molar-refractivity contribution in [2.24, 2.45) is 5.10 Å². The Morgan fingerprint density at radius 1 is 1.00 bits per heavy atom. The fourth-order valence-electron chi connectivity index (χ4n) is 2.86. The van der Waals surface area contributed by atoms with E-state index in [0.29, 0.717) is 22.0 Å². The number of amides is 2. The lowest BCUT2D eigenvalue weighted by molar-refractivity contribution is -0.136. The molecule has 170 valence electrons. The van der Waals surface area contributed by atoms with Crippen LogP contribution in [0.15, 0.2) is 77.9 Å². The molecule has 0 spiro atoms. The van der Waals surface area contributed by atoms with E-state index in [1.165, 1.54) is 6.07 Å². The second-order valence-corrected chi connectivity index (χ2v) is 7.46. The van der Waals surface area contributed by atoms with Crippen molar-refractivity contribution < 1.29 is 19.1 Å². The second kappa shape index (κ2) is 11.4. The fraction of sp³-hybridized carbons (Fsp3) is 0.0800. The van der Waals surface area contributed by atoms with Gasteiger partial charge >= 0.3 is 17.8 Å². The minimum atomic E-state index is -0.978. The van der Waals surface area contributed by atoms with Gasteiger partial charge in [0.05, 0.1) is 23.8 Å². The van der Waals surface area contributed by atoms with Gasteiger partial charge in [-0.15, -0.1) is 0 Å². The summed E-state index contributed by atoms with van der Waals surface area (Å²) < 4.78 is 5.48. The molecule has 0 aliphatic rings. The number of hydrogen-bond acceptors (Lipinski definition) is 6. The van der Waals surface area contributed by atoms with Crippen molar-refractivity contribution in [1.29, 1.82) is 5.26 Å². The van der Waals surface area contributed by atoms with Crippen molar-refractivity contribution in [2.45, 2.75) is 13.3 Å². The van der Waals surface area contributed by atoms with E-state index in [1.54, 1.807) is 73.7 Å². The first-order chi connectivity index (χ1) is 16.4. The van der Waals surface area contributed by atoms with Gasteiger partial charge in [0, 0.05) is 16.3 Å². The van der Waals surface area contributed by atoms with Crippen LogP contribution in [0.5, 0.6) is 5.75 Å². The van der Waals surface area contributed by atoms with E-state index in [9.17, 15) is 14.4 Å². The minimum absolute atomic E-state index is 0.227. The van der Waals surface area contributed by atoms with Crippen LogP contribution in [0.4, 0.5) is 5.69 Å². The van der Waals surface area contributed by atoms with Crippen molar-refractivity contribution >= 4 is 40.8 Å². The molecule has 3 rings (SSSR count). The number of carbonyl (C=O) groups excluding carboxylic acids is 3. The normalized spacial score (nSPS) is 10.7. The highest BCUT2D eigenvalue weighted by Crippen LogP contribution is 2.21. The number of carbonyl (C=O) groups is 3. The van der Waals surface area contributed by atoms with E-state index in [1.807, 2.05) is 6.07 Å². The van der Waals surface area contributed by atoms with Gasteiger partial charge in [-0.2, -0.15) is 10.4 Å². The highest BCUT2D eigenvalue weighted by Gasteiger charge is 2.16. The maximum atomic E-state index is 12.5. The molecule has 0 saturated heterocycles. The Bertz CT molecular complexity index is 1300. The van der Waals surface area contributed by atoms with Crippen molar-refractivity contribution in [3.8, 4) is 11.8 Å². The van der Waals surface area contributed by atoms with Crippen molar-refractivity contribution in [1.82, 2.24) is 5.43 Å². The van der Waals surface area contributed by atoms with Gasteiger partial charge in [0.1, 0.15) is 5.75 Å². The molecule has 34 heavy (non-hydrogen) atoms. The lowest BCUT2D eigenvalue weighted by Gasteiger charge is -2.10.